The van der Waals surface area contributed by atoms with Crippen LogP contribution in [-0.2, 0) is 13.0 Å². The number of rotatable bonds is 5. The van der Waals surface area contributed by atoms with Gasteiger partial charge in [0.2, 0.25) is 0 Å². The first-order valence-corrected chi connectivity index (χ1v) is 6.95. The van der Waals surface area contributed by atoms with Crippen molar-refractivity contribution in [3.8, 4) is 6.07 Å². The Balaban J connectivity index is 1.76. The highest BCUT2D eigenvalue weighted by atomic mass is 16.3. The van der Waals surface area contributed by atoms with Crippen LogP contribution < -0.4 is 10.6 Å². The fourth-order valence-electron chi connectivity index (χ4n) is 1.94. The topological polar surface area (TPSA) is 85.2 Å². The Morgan fingerprint density at radius 1 is 1.05 bits per heavy atom. The lowest BCUT2D eigenvalue weighted by atomic mass is 10.1. The molecule has 0 bridgehead atoms. The van der Waals surface area contributed by atoms with Gasteiger partial charge in [0.1, 0.15) is 0 Å². The van der Waals surface area contributed by atoms with Crippen molar-refractivity contribution in [2.75, 3.05) is 11.9 Å². The Labute approximate surface area is 129 Å². The minimum Gasteiger partial charge on any atom is -0.392 e. The van der Waals surface area contributed by atoms with Crippen LogP contribution in [0.2, 0.25) is 0 Å². The van der Waals surface area contributed by atoms with Crippen LogP contribution in [0, 0.1) is 11.3 Å². The SMILES string of the molecule is N#Cc1ccc(NC(=O)NCCc2ccc(CO)cc2)cc1. The van der Waals surface area contributed by atoms with Gasteiger partial charge in [0, 0.05) is 12.2 Å². The molecule has 0 unspecified atom stereocenters. The van der Waals surface area contributed by atoms with Gasteiger partial charge < -0.3 is 15.7 Å². The Morgan fingerprint density at radius 2 is 1.68 bits per heavy atom. The predicted octanol–water partition coefficient (Wildman–Crippen LogP) is 2.41. The Bertz CT molecular complexity index is 658. The van der Waals surface area contributed by atoms with Crippen LogP contribution >= 0.6 is 0 Å². The van der Waals surface area contributed by atoms with E-state index >= 15 is 0 Å². The van der Waals surface area contributed by atoms with E-state index in [9.17, 15) is 4.79 Å². The summed E-state index contributed by atoms with van der Waals surface area (Å²) in [5.74, 6) is 0. The number of anilines is 1. The molecule has 22 heavy (non-hydrogen) atoms. The van der Waals surface area contributed by atoms with Crippen molar-refractivity contribution in [3.05, 3.63) is 65.2 Å². The highest BCUT2D eigenvalue weighted by Gasteiger charge is 2.01. The van der Waals surface area contributed by atoms with Crippen LogP contribution in [0.5, 0.6) is 0 Å². The summed E-state index contributed by atoms with van der Waals surface area (Å²) in [6, 6.07) is 16.0. The van der Waals surface area contributed by atoms with E-state index in [4.69, 9.17) is 10.4 Å². The van der Waals surface area contributed by atoms with Gasteiger partial charge in [-0.1, -0.05) is 24.3 Å². The molecule has 0 aliphatic rings. The van der Waals surface area contributed by atoms with E-state index in [-0.39, 0.29) is 12.6 Å². The van der Waals surface area contributed by atoms with Crippen molar-refractivity contribution >= 4 is 11.7 Å². The molecule has 2 aromatic carbocycles. The largest absolute Gasteiger partial charge is 0.392 e. The van der Waals surface area contributed by atoms with E-state index in [0.29, 0.717) is 24.2 Å². The third-order valence-corrected chi connectivity index (χ3v) is 3.18. The van der Waals surface area contributed by atoms with Crippen molar-refractivity contribution in [2.24, 2.45) is 0 Å². The molecule has 0 spiro atoms. The average Bonchev–Trinajstić information content (AvgIpc) is 2.56. The normalized spacial score (nSPS) is 9.82. The van der Waals surface area contributed by atoms with Gasteiger partial charge in [0.15, 0.2) is 0 Å². The molecule has 2 amide bonds. The molecule has 0 saturated carbocycles. The Kier molecular flexibility index (Phi) is 5.52. The number of urea groups is 1. The summed E-state index contributed by atoms with van der Waals surface area (Å²) in [5, 5.41) is 23.1. The van der Waals surface area contributed by atoms with Crippen LogP contribution in [0.1, 0.15) is 16.7 Å². The van der Waals surface area contributed by atoms with Crippen LogP contribution in [0.3, 0.4) is 0 Å². The van der Waals surface area contributed by atoms with Gasteiger partial charge in [-0.2, -0.15) is 5.26 Å². The zero-order valence-electron chi connectivity index (χ0n) is 12.0. The van der Waals surface area contributed by atoms with Gasteiger partial charge in [0.25, 0.3) is 0 Å². The lowest BCUT2D eigenvalue weighted by Crippen LogP contribution is -2.30. The molecule has 2 aromatic rings. The molecule has 0 fully saturated rings. The fraction of sp³-hybridized carbons (Fsp3) is 0.176. The van der Waals surface area contributed by atoms with Gasteiger partial charge in [-0.05, 0) is 41.8 Å². The second-order valence-corrected chi connectivity index (χ2v) is 4.79. The summed E-state index contributed by atoms with van der Waals surface area (Å²) >= 11 is 0. The molecule has 0 aliphatic heterocycles. The molecular formula is C17H17N3O2. The number of carbonyl (C=O) groups excluding carboxylic acids is 1. The second kappa shape index (κ2) is 7.81. The second-order valence-electron chi connectivity index (χ2n) is 4.79. The lowest BCUT2D eigenvalue weighted by Gasteiger charge is -2.08. The van der Waals surface area contributed by atoms with E-state index in [1.807, 2.05) is 30.3 Å². The first-order valence-electron chi connectivity index (χ1n) is 6.95. The van der Waals surface area contributed by atoms with Crippen molar-refractivity contribution in [2.45, 2.75) is 13.0 Å². The standard InChI is InChI=1S/C17H17N3O2/c18-11-14-5-7-16(8-6-14)20-17(22)19-10-9-13-1-3-15(12-21)4-2-13/h1-8,21H,9-10,12H2,(H2,19,20,22). The molecule has 3 N–H and O–H groups in total. The molecule has 0 saturated heterocycles. The summed E-state index contributed by atoms with van der Waals surface area (Å²) in [7, 11) is 0. The predicted molar refractivity (Wildman–Crippen MR) is 84.2 cm³/mol. The molecule has 0 aliphatic carbocycles. The average molecular weight is 295 g/mol. The zero-order valence-corrected chi connectivity index (χ0v) is 12.0. The number of nitrogens with one attached hydrogen (secondary N) is 2. The van der Waals surface area contributed by atoms with Gasteiger partial charge in [0.05, 0.1) is 18.2 Å². The molecule has 0 atom stereocenters. The minimum absolute atomic E-state index is 0.0333. The van der Waals surface area contributed by atoms with Crippen LogP contribution in [0.4, 0.5) is 10.5 Å². The number of carbonyl (C=O) groups is 1. The number of nitriles is 1. The summed E-state index contributed by atoms with van der Waals surface area (Å²) in [4.78, 5) is 11.7. The van der Waals surface area contributed by atoms with Crippen LogP contribution in [0.15, 0.2) is 48.5 Å². The third-order valence-electron chi connectivity index (χ3n) is 3.18. The number of aliphatic hydroxyl groups is 1. The van der Waals surface area contributed by atoms with Crippen molar-refractivity contribution < 1.29 is 9.90 Å². The molecule has 2 rings (SSSR count). The quantitative estimate of drug-likeness (QED) is 0.792. The summed E-state index contributed by atoms with van der Waals surface area (Å²) < 4.78 is 0. The minimum atomic E-state index is -0.281. The summed E-state index contributed by atoms with van der Waals surface area (Å²) in [6.45, 7) is 0.548. The number of hydrogen-bond donors (Lipinski definition) is 3. The Hall–Kier alpha value is -2.84. The molecule has 112 valence electrons. The maximum Gasteiger partial charge on any atom is 0.319 e. The van der Waals surface area contributed by atoms with E-state index in [1.54, 1.807) is 24.3 Å². The Morgan fingerprint density at radius 3 is 2.27 bits per heavy atom. The number of benzene rings is 2. The smallest absolute Gasteiger partial charge is 0.319 e. The van der Waals surface area contributed by atoms with E-state index in [0.717, 1.165) is 11.1 Å². The molecule has 5 nitrogen and oxygen atoms in total. The van der Waals surface area contributed by atoms with Crippen molar-refractivity contribution in [1.82, 2.24) is 5.32 Å². The highest BCUT2D eigenvalue weighted by molar-refractivity contribution is 5.89. The number of nitrogens with zero attached hydrogens (tertiary/aromatic N) is 1. The first kappa shape index (κ1) is 15.5. The van der Waals surface area contributed by atoms with Gasteiger partial charge >= 0.3 is 6.03 Å². The van der Waals surface area contributed by atoms with Gasteiger partial charge in [-0.3, -0.25) is 0 Å². The fourth-order valence-corrected chi connectivity index (χ4v) is 1.94. The number of aliphatic hydroxyl groups excluding tert-OH is 1. The highest BCUT2D eigenvalue weighted by Crippen LogP contribution is 2.08. The van der Waals surface area contributed by atoms with Crippen molar-refractivity contribution in [3.63, 3.8) is 0 Å². The van der Waals surface area contributed by atoms with Crippen molar-refractivity contribution in [1.29, 1.82) is 5.26 Å². The van der Waals surface area contributed by atoms with Gasteiger partial charge in [-0.15, -0.1) is 0 Å². The third kappa shape index (κ3) is 4.62. The summed E-state index contributed by atoms with van der Waals surface area (Å²) in [6.07, 6.45) is 0.715. The summed E-state index contributed by atoms with van der Waals surface area (Å²) in [5.41, 5.74) is 3.16. The monoisotopic (exact) mass is 295 g/mol. The maximum absolute atomic E-state index is 11.7. The number of amides is 2. The zero-order chi connectivity index (χ0) is 15.8. The van der Waals surface area contributed by atoms with E-state index < -0.39 is 0 Å². The molecule has 0 aromatic heterocycles. The van der Waals surface area contributed by atoms with Crippen LogP contribution in [-0.4, -0.2) is 17.7 Å². The lowest BCUT2D eigenvalue weighted by molar-refractivity contribution is 0.252. The molecule has 0 heterocycles. The van der Waals surface area contributed by atoms with E-state index in [1.165, 1.54) is 0 Å². The molecular weight excluding hydrogens is 278 g/mol. The number of hydrogen-bond acceptors (Lipinski definition) is 3. The van der Waals surface area contributed by atoms with Gasteiger partial charge in [-0.25, -0.2) is 4.79 Å². The maximum atomic E-state index is 11.7. The van der Waals surface area contributed by atoms with Crippen LogP contribution in [0.25, 0.3) is 0 Å². The molecule has 0 radical (unpaired) electrons. The van der Waals surface area contributed by atoms with E-state index in [2.05, 4.69) is 10.6 Å². The first-order chi connectivity index (χ1) is 10.7. The molecule has 5 heteroatoms.